The third-order valence-corrected chi connectivity index (χ3v) is 6.85. The van der Waals surface area contributed by atoms with E-state index < -0.39 is 5.97 Å². The maximum absolute atomic E-state index is 15.0. The number of hydrogen-bond acceptors (Lipinski definition) is 2. The van der Waals surface area contributed by atoms with E-state index in [-0.39, 0.29) is 17.5 Å². The first-order valence-corrected chi connectivity index (χ1v) is 11.6. The molecule has 0 aromatic heterocycles. The summed E-state index contributed by atoms with van der Waals surface area (Å²) in [5.74, 6) is 0.824. The van der Waals surface area contributed by atoms with Gasteiger partial charge in [0.15, 0.2) is 0 Å². The molecule has 1 saturated carbocycles. The van der Waals surface area contributed by atoms with Gasteiger partial charge in [-0.25, -0.2) is 9.18 Å². The highest BCUT2D eigenvalue weighted by molar-refractivity contribution is 5.92. The first-order valence-electron chi connectivity index (χ1n) is 11.6. The zero-order valence-electron chi connectivity index (χ0n) is 17.8. The van der Waals surface area contributed by atoms with E-state index in [2.05, 4.69) is 13.8 Å². The Hall–Kier alpha value is -1.38. The molecule has 3 heteroatoms. The van der Waals surface area contributed by atoms with Gasteiger partial charge in [-0.3, -0.25) is 0 Å². The molecule has 1 atom stereocenters. The van der Waals surface area contributed by atoms with E-state index in [0.29, 0.717) is 17.9 Å². The van der Waals surface area contributed by atoms with E-state index in [1.807, 2.05) is 12.1 Å². The Labute approximate surface area is 170 Å². The maximum Gasteiger partial charge on any atom is 0.341 e. The number of halogens is 1. The quantitative estimate of drug-likeness (QED) is 0.335. The van der Waals surface area contributed by atoms with Gasteiger partial charge in [-0.2, -0.15) is 0 Å². The summed E-state index contributed by atoms with van der Waals surface area (Å²) >= 11 is 0. The lowest BCUT2D eigenvalue weighted by Gasteiger charge is -2.29. The number of benzene rings is 1. The van der Waals surface area contributed by atoms with Crippen LogP contribution in [0, 0.1) is 17.7 Å². The van der Waals surface area contributed by atoms with Crippen molar-refractivity contribution in [2.75, 3.05) is 0 Å². The molecule has 0 radical (unpaired) electrons. The summed E-state index contributed by atoms with van der Waals surface area (Å²) in [6, 6.07) is 3.87. The first kappa shape index (κ1) is 21.3. The third-order valence-electron chi connectivity index (χ3n) is 6.85. The summed E-state index contributed by atoms with van der Waals surface area (Å²) in [6.45, 7) is 4.34. The van der Waals surface area contributed by atoms with Gasteiger partial charge >= 0.3 is 5.97 Å². The van der Waals surface area contributed by atoms with Gasteiger partial charge in [-0.05, 0) is 42.2 Å². The number of aryl methyl sites for hydroxylation is 1. The predicted octanol–water partition coefficient (Wildman–Crippen LogP) is 7.03. The summed E-state index contributed by atoms with van der Waals surface area (Å²) < 4.78 is 20.5. The number of fused-ring (bicyclic) bond motifs is 1. The van der Waals surface area contributed by atoms with Crippen LogP contribution in [0.5, 0.6) is 0 Å². The number of ether oxygens (including phenoxy) is 1. The zero-order valence-corrected chi connectivity index (χ0v) is 17.8. The van der Waals surface area contributed by atoms with Gasteiger partial charge in [0.25, 0.3) is 0 Å². The highest BCUT2D eigenvalue weighted by Gasteiger charge is 2.30. The fraction of sp³-hybridized carbons (Fsp3) is 0.720. The molecule has 28 heavy (non-hydrogen) atoms. The SMILES string of the molecule is CCCCCC1CCC(CCc2ccc3c(c2F)C(=O)OC(CCC)C3)CC1. The van der Waals surface area contributed by atoms with Crippen LogP contribution in [0.1, 0.15) is 106 Å². The van der Waals surface area contributed by atoms with Gasteiger partial charge in [0, 0.05) is 6.42 Å². The van der Waals surface area contributed by atoms with Crippen molar-refractivity contribution in [2.24, 2.45) is 11.8 Å². The maximum atomic E-state index is 15.0. The molecule has 1 unspecified atom stereocenters. The second kappa shape index (κ2) is 10.4. The molecule has 0 amide bonds. The van der Waals surface area contributed by atoms with Gasteiger partial charge in [-0.15, -0.1) is 0 Å². The van der Waals surface area contributed by atoms with Crippen LogP contribution in [-0.4, -0.2) is 12.1 Å². The van der Waals surface area contributed by atoms with Crippen molar-refractivity contribution in [1.29, 1.82) is 0 Å². The van der Waals surface area contributed by atoms with Crippen molar-refractivity contribution in [3.63, 3.8) is 0 Å². The summed E-state index contributed by atoms with van der Waals surface area (Å²) in [7, 11) is 0. The monoisotopic (exact) mass is 388 g/mol. The van der Waals surface area contributed by atoms with E-state index in [9.17, 15) is 4.79 Å². The summed E-state index contributed by atoms with van der Waals surface area (Å²) in [5, 5.41) is 0. The smallest absolute Gasteiger partial charge is 0.341 e. The van der Waals surface area contributed by atoms with Gasteiger partial charge in [0.1, 0.15) is 11.9 Å². The van der Waals surface area contributed by atoms with Crippen LogP contribution in [0.2, 0.25) is 0 Å². The van der Waals surface area contributed by atoms with Gasteiger partial charge in [-0.1, -0.05) is 83.8 Å². The Morgan fingerprint density at radius 1 is 0.964 bits per heavy atom. The lowest BCUT2D eigenvalue weighted by Crippen LogP contribution is -2.29. The minimum atomic E-state index is -0.466. The van der Waals surface area contributed by atoms with Crippen LogP contribution in [0.25, 0.3) is 0 Å². The lowest BCUT2D eigenvalue weighted by molar-refractivity contribution is 0.0229. The van der Waals surface area contributed by atoms with Crippen LogP contribution in [0.4, 0.5) is 4.39 Å². The van der Waals surface area contributed by atoms with Crippen LogP contribution in [0.15, 0.2) is 12.1 Å². The van der Waals surface area contributed by atoms with Gasteiger partial charge in [0.05, 0.1) is 5.56 Å². The number of unbranched alkanes of at least 4 members (excludes halogenated alkanes) is 2. The molecule has 1 heterocycles. The van der Waals surface area contributed by atoms with Crippen LogP contribution in [-0.2, 0) is 17.6 Å². The van der Waals surface area contributed by atoms with Crippen LogP contribution in [0.3, 0.4) is 0 Å². The molecule has 0 saturated heterocycles. The van der Waals surface area contributed by atoms with Crippen molar-refractivity contribution in [1.82, 2.24) is 0 Å². The molecule has 156 valence electrons. The normalized spacial score (nSPS) is 24.7. The average Bonchev–Trinajstić information content (AvgIpc) is 2.69. The summed E-state index contributed by atoms with van der Waals surface area (Å²) in [6.07, 6.45) is 14.8. The number of carbonyl (C=O) groups is 1. The molecular formula is C25H37FO2. The number of carbonyl (C=O) groups excluding carboxylic acids is 1. The van der Waals surface area contributed by atoms with Gasteiger partial charge in [0.2, 0.25) is 0 Å². The number of esters is 1. The molecule has 1 aromatic rings. The molecule has 1 fully saturated rings. The fourth-order valence-corrected chi connectivity index (χ4v) is 5.07. The topological polar surface area (TPSA) is 26.3 Å². The zero-order chi connectivity index (χ0) is 19.9. The Morgan fingerprint density at radius 3 is 2.36 bits per heavy atom. The predicted molar refractivity (Wildman–Crippen MR) is 112 cm³/mol. The minimum absolute atomic E-state index is 0.0947. The number of cyclic esters (lactones) is 1. The molecule has 1 aromatic carbocycles. The molecule has 3 rings (SSSR count). The Kier molecular flexibility index (Phi) is 7.93. The number of rotatable bonds is 9. The summed E-state index contributed by atoms with van der Waals surface area (Å²) in [4.78, 5) is 12.3. The Morgan fingerprint density at radius 2 is 1.68 bits per heavy atom. The minimum Gasteiger partial charge on any atom is -0.458 e. The molecule has 2 nitrogen and oxygen atoms in total. The Bertz CT molecular complexity index is 646. The van der Waals surface area contributed by atoms with E-state index in [4.69, 9.17) is 4.74 Å². The number of hydrogen-bond donors (Lipinski definition) is 0. The molecule has 1 aliphatic heterocycles. The third kappa shape index (κ3) is 5.36. The van der Waals surface area contributed by atoms with E-state index >= 15 is 4.39 Å². The Balaban J connectivity index is 1.52. The van der Waals surface area contributed by atoms with Crippen molar-refractivity contribution < 1.29 is 13.9 Å². The lowest BCUT2D eigenvalue weighted by atomic mass is 9.77. The van der Waals surface area contributed by atoms with Gasteiger partial charge < -0.3 is 4.74 Å². The average molecular weight is 389 g/mol. The largest absolute Gasteiger partial charge is 0.458 e. The molecule has 0 bridgehead atoms. The van der Waals surface area contributed by atoms with E-state index in [0.717, 1.165) is 37.2 Å². The fourth-order valence-electron chi connectivity index (χ4n) is 5.07. The van der Waals surface area contributed by atoms with Crippen molar-refractivity contribution in [3.8, 4) is 0 Å². The molecule has 2 aliphatic rings. The molecule has 0 N–H and O–H groups in total. The highest BCUT2D eigenvalue weighted by atomic mass is 19.1. The van der Waals surface area contributed by atoms with Crippen molar-refractivity contribution >= 4 is 5.97 Å². The molecular weight excluding hydrogens is 351 g/mol. The highest BCUT2D eigenvalue weighted by Crippen LogP contribution is 2.35. The molecule has 0 spiro atoms. The summed E-state index contributed by atoms with van der Waals surface area (Å²) in [5.41, 5.74) is 1.71. The van der Waals surface area contributed by atoms with Crippen molar-refractivity contribution in [3.05, 3.63) is 34.6 Å². The van der Waals surface area contributed by atoms with Crippen LogP contribution >= 0.6 is 0 Å². The second-order valence-corrected chi connectivity index (χ2v) is 9.01. The first-order chi connectivity index (χ1) is 13.6. The standard InChI is InChI=1S/C25H37FO2/c1-3-5-6-8-18-9-11-19(12-10-18)13-14-20-15-16-21-17-22(7-4-2)28-25(27)23(21)24(20)26/h15-16,18-19,22H,3-14,17H2,1-2H3. The second-order valence-electron chi connectivity index (χ2n) is 9.01. The van der Waals surface area contributed by atoms with Crippen LogP contribution < -0.4 is 0 Å². The van der Waals surface area contributed by atoms with E-state index in [1.54, 1.807) is 0 Å². The van der Waals surface area contributed by atoms with Crippen molar-refractivity contribution in [2.45, 2.75) is 103 Å². The van der Waals surface area contributed by atoms with E-state index in [1.165, 1.54) is 51.4 Å². The molecule has 1 aliphatic carbocycles.